The Morgan fingerprint density at radius 1 is 1.24 bits per heavy atom. The number of hydrogen-bond acceptors (Lipinski definition) is 7. The van der Waals surface area contributed by atoms with Gasteiger partial charge in [0.2, 0.25) is 5.91 Å². The first-order valence-corrected chi connectivity index (χ1v) is 11.2. The number of carbonyl (C=O) groups excluding carboxylic acids is 1. The summed E-state index contributed by atoms with van der Waals surface area (Å²) in [5.74, 6) is 0.888. The molecule has 0 atom stereocenters. The number of aromatic nitrogens is 4. The van der Waals surface area contributed by atoms with E-state index in [2.05, 4.69) is 20.5 Å². The highest BCUT2D eigenvalue weighted by Crippen LogP contribution is 2.29. The molecule has 2 aromatic carbocycles. The van der Waals surface area contributed by atoms with Gasteiger partial charge in [-0.2, -0.15) is 5.10 Å². The van der Waals surface area contributed by atoms with Gasteiger partial charge in [-0.3, -0.25) is 19.9 Å². The summed E-state index contributed by atoms with van der Waals surface area (Å²) in [5.41, 5.74) is 2.51. The molecular formula is C22H21ClN6O3S. The second kappa shape index (κ2) is 9.55. The molecule has 2 heterocycles. The molecule has 4 rings (SSSR count). The maximum Gasteiger partial charge on any atom is 0.234 e. The Morgan fingerprint density at radius 2 is 2.06 bits per heavy atom. The average molecular weight is 485 g/mol. The Labute approximate surface area is 198 Å². The number of aromatic amines is 1. The highest BCUT2D eigenvalue weighted by atomic mass is 35.5. The molecule has 1 amide bonds. The van der Waals surface area contributed by atoms with Crippen LogP contribution in [0.3, 0.4) is 0 Å². The standard InChI is InChI=1S/C22H21ClN6O3S/c1-12-19-20(24)29(14-6-4-5-13(23)9-14)22(26-21(19)28-27-12)33-11-18(30)25-16-10-15(31-2)7-8-17(16)32-3/h4-10,24H,11H2,1-3H3,(H,25,30)(H,27,28). The van der Waals surface area contributed by atoms with Crippen LogP contribution < -0.4 is 20.3 Å². The molecule has 2 aromatic heterocycles. The number of carbonyl (C=O) groups is 1. The number of H-pyrrole nitrogens is 1. The maximum absolute atomic E-state index is 12.8. The van der Waals surface area contributed by atoms with E-state index in [4.69, 9.17) is 26.5 Å². The molecule has 0 aliphatic rings. The molecule has 9 nitrogen and oxygen atoms in total. The molecule has 0 aliphatic carbocycles. The van der Waals surface area contributed by atoms with Crippen LogP contribution in [0, 0.1) is 12.3 Å². The lowest BCUT2D eigenvalue weighted by atomic mass is 10.2. The Morgan fingerprint density at radius 3 is 2.79 bits per heavy atom. The lowest BCUT2D eigenvalue weighted by Crippen LogP contribution is -2.23. The summed E-state index contributed by atoms with van der Waals surface area (Å²) in [4.78, 5) is 17.4. The zero-order valence-corrected chi connectivity index (χ0v) is 19.7. The number of anilines is 1. The number of aryl methyl sites for hydroxylation is 1. The first-order valence-electron chi connectivity index (χ1n) is 9.84. The van der Waals surface area contributed by atoms with Gasteiger partial charge >= 0.3 is 0 Å². The summed E-state index contributed by atoms with van der Waals surface area (Å²) < 4.78 is 12.2. The Kier molecular flexibility index (Phi) is 6.57. The van der Waals surface area contributed by atoms with Gasteiger partial charge in [0.25, 0.3) is 0 Å². The normalized spacial score (nSPS) is 10.9. The Bertz CT molecular complexity index is 1400. The molecule has 0 bridgehead atoms. The summed E-state index contributed by atoms with van der Waals surface area (Å²) in [7, 11) is 3.08. The molecule has 0 unspecified atom stereocenters. The van der Waals surface area contributed by atoms with Gasteiger partial charge in [-0.05, 0) is 37.3 Å². The van der Waals surface area contributed by atoms with Crippen LogP contribution in [0.2, 0.25) is 5.02 Å². The molecule has 11 heteroatoms. The van der Waals surface area contributed by atoms with E-state index in [9.17, 15) is 4.79 Å². The van der Waals surface area contributed by atoms with Crippen LogP contribution in [0.1, 0.15) is 5.69 Å². The summed E-state index contributed by atoms with van der Waals surface area (Å²) in [5, 5.41) is 20.3. The van der Waals surface area contributed by atoms with Crippen LogP contribution in [-0.2, 0) is 4.79 Å². The summed E-state index contributed by atoms with van der Waals surface area (Å²) in [6, 6.07) is 12.3. The van der Waals surface area contributed by atoms with Crippen LogP contribution in [0.15, 0.2) is 47.6 Å². The van der Waals surface area contributed by atoms with E-state index >= 15 is 0 Å². The predicted octanol–water partition coefficient (Wildman–Crippen LogP) is 3.94. The van der Waals surface area contributed by atoms with Crippen LogP contribution in [0.4, 0.5) is 5.69 Å². The number of methoxy groups -OCH3 is 2. The van der Waals surface area contributed by atoms with Gasteiger partial charge < -0.3 is 14.8 Å². The van der Waals surface area contributed by atoms with Crippen LogP contribution >= 0.6 is 23.4 Å². The predicted molar refractivity (Wildman–Crippen MR) is 128 cm³/mol. The lowest BCUT2D eigenvalue weighted by Gasteiger charge is -2.14. The van der Waals surface area contributed by atoms with Crippen molar-refractivity contribution in [2.45, 2.75) is 12.1 Å². The number of nitrogens with one attached hydrogen (secondary N) is 3. The van der Waals surface area contributed by atoms with Crippen molar-refractivity contribution in [2.75, 3.05) is 25.3 Å². The average Bonchev–Trinajstić information content (AvgIpc) is 3.18. The molecule has 0 radical (unpaired) electrons. The zero-order chi connectivity index (χ0) is 23.5. The van der Waals surface area contributed by atoms with Gasteiger partial charge in [-0.1, -0.05) is 29.4 Å². The van der Waals surface area contributed by atoms with Crippen LogP contribution in [0.25, 0.3) is 16.7 Å². The zero-order valence-electron chi connectivity index (χ0n) is 18.1. The lowest BCUT2D eigenvalue weighted by molar-refractivity contribution is -0.113. The smallest absolute Gasteiger partial charge is 0.234 e. The van der Waals surface area contributed by atoms with Crippen LogP contribution in [0.5, 0.6) is 11.5 Å². The highest BCUT2D eigenvalue weighted by Gasteiger charge is 2.17. The third-order valence-corrected chi connectivity index (χ3v) is 6.03. The van der Waals surface area contributed by atoms with Crippen LogP contribution in [-0.4, -0.2) is 45.6 Å². The molecule has 3 N–H and O–H groups in total. The van der Waals surface area contributed by atoms with E-state index < -0.39 is 0 Å². The second-order valence-electron chi connectivity index (χ2n) is 7.01. The molecule has 170 valence electrons. The number of amides is 1. The number of halogens is 1. The molecule has 0 fully saturated rings. The van der Waals surface area contributed by atoms with Crippen molar-refractivity contribution in [3.63, 3.8) is 0 Å². The fourth-order valence-corrected chi connectivity index (χ4v) is 4.30. The molecule has 0 saturated carbocycles. The van der Waals surface area contributed by atoms with E-state index in [1.165, 1.54) is 18.9 Å². The van der Waals surface area contributed by atoms with E-state index in [0.29, 0.717) is 44.1 Å². The van der Waals surface area contributed by atoms with Crippen molar-refractivity contribution in [1.29, 1.82) is 5.41 Å². The van der Waals surface area contributed by atoms with Gasteiger partial charge in [0.15, 0.2) is 10.8 Å². The minimum absolute atomic E-state index is 0.0439. The number of thioether (sulfide) groups is 1. The maximum atomic E-state index is 12.8. The van der Waals surface area contributed by atoms with Gasteiger partial charge in [0.1, 0.15) is 17.0 Å². The SMILES string of the molecule is COc1ccc(OC)c(NC(=O)CSc2nc3n[nH]c(C)c3c(=N)n2-c2cccc(Cl)c2)c1. The molecule has 0 saturated heterocycles. The van der Waals surface area contributed by atoms with Gasteiger partial charge in [0, 0.05) is 16.8 Å². The van der Waals surface area contributed by atoms with Crippen molar-refractivity contribution in [2.24, 2.45) is 0 Å². The number of benzene rings is 2. The first-order chi connectivity index (χ1) is 15.9. The van der Waals surface area contributed by atoms with Crippen molar-refractivity contribution in [1.82, 2.24) is 19.7 Å². The molecule has 33 heavy (non-hydrogen) atoms. The van der Waals surface area contributed by atoms with Crippen molar-refractivity contribution >= 4 is 46.0 Å². The number of fused-ring (bicyclic) bond motifs is 1. The highest BCUT2D eigenvalue weighted by molar-refractivity contribution is 7.99. The van der Waals surface area contributed by atoms with E-state index in [-0.39, 0.29) is 17.1 Å². The first kappa shape index (κ1) is 22.7. The Hall–Kier alpha value is -3.50. The number of hydrogen-bond donors (Lipinski definition) is 3. The van der Waals surface area contributed by atoms with Crippen molar-refractivity contribution in [3.8, 4) is 17.2 Å². The van der Waals surface area contributed by atoms with Gasteiger partial charge in [-0.15, -0.1) is 0 Å². The van der Waals surface area contributed by atoms with Gasteiger partial charge in [-0.25, -0.2) is 4.98 Å². The third-order valence-electron chi connectivity index (χ3n) is 4.86. The van der Waals surface area contributed by atoms with Gasteiger partial charge in [0.05, 0.1) is 36.7 Å². The van der Waals surface area contributed by atoms with Crippen molar-refractivity contribution in [3.05, 3.63) is 58.7 Å². The fourth-order valence-electron chi connectivity index (χ4n) is 3.31. The minimum atomic E-state index is -0.268. The third kappa shape index (κ3) is 4.67. The topological polar surface area (TPSA) is 118 Å². The summed E-state index contributed by atoms with van der Waals surface area (Å²) >= 11 is 7.38. The molecular weight excluding hydrogens is 464 g/mol. The monoisotopic (exact) mass is 484 g/mol. The summed E-state index contributed by atoms with van der Waals surface area (Å²) in [6.07, 6.45) is 0. The van der Waals surface area contributed by atoms with E-state index in [1.54, 1.807) is 48.1 Å². The quantitative estimate of drug-likeness (QED) is 0.270. The fraction of sp³-hybridized carbons (Fsp3) is 0.182. The van der Waals surface area contributed by atoms with E-state index in [1.807, 2.05) is 13.0 Å². The number of ether oxygens (including phenoxy) is 2. The molecule has 0 aliphatic heterocycles. The largest absolute Gasteiger partial charge is 0.497 e. The number of rotatable bonds is 7. The molecule has 0 spiro atoms. The number of nitrogens with zero attached hydrogens (tertiary/aromatic N) is 3. The van der Waals surface area contributed by atoms with E-state index in [0.717, 1.165) is 5.69 Å². The molecule has 4 aromatic rings. The summed E-state index contributed by atoms with van der Waals surface area (Å²) in [6.45, 7) is 1.83. The minimum Gasteiger partial charge on any atom is -0.497 e. The Balaban J connectivity index is 1.66. The van der Waals surface area contributed by atoms with Crippen molar-refractivity contribution < 1.29 is 14.3 Å². The second-order valence-corrected chi connectivity index (χ2v) is 8.39.